The van der Waals surface area contributed by atoms with Gasteiger partial charge in [-0.25, -0.2) is 13.1 Å². The molecule has 0 fully saturated rings. The first-order chi connectivity index (χ1) is 9.40. The standard InChI is InChI=1S/C15H26N2O2S/c1-5-12(3)11-13(4)17-14-9-7-8-10-15(14)20(18,19)16-6-2/h7-10,12-13,16-17H,5-6,11H2,1-4H3. The summed E-state index contributed by atoms with van der Waals surface area (Å²) in [6.07, 6.45) is 2.15. The maximum absolute atomic E-state index is 12.2. The first kappa shape index (κ1) is 17.0. The lowest BCUT2D eigenvalue weighted by Gasteiger charge is -2.20. The second kappa shape index (κ2) is 7.64. The van der Waals surface area contributed by atoms with Crippen molar-refractivity contribution in [2.24, 2.45) is 5.92 Å². The van der Waals surface area contributed by atoms with Crippen LogP contribution in [0, 0.1) is 5.92 Å². The van der Waals surface area contributed by atoms with Gasteiger partial charge in [0.15, 0.2) is 0 Å². The van der Waals surface area contributed by atoms with Crippen LogP contribution in [0.4, 0.5) is 5.69 Å². The molecule has 0 aliphatic rings. The molecule has 0 aliphatic heterocycles. The van der Waals surface area contributed by atoms with Gasteiger partial charge in [0.2, 0.25) is 10.0 Å². The van der Waals surface area contributed by atoms with Crippen LogP contribution in [0.3, 0.4) is 0 Å². The van der Waals surface area contributed by atoms with Crippen molar-refractivity contribution in [2.75, 3.05) is 11.9 Å². The van der Waals surface area contributed by atoms with Crippen molar-refractivity contribution in [3.63, 3.8) is 0 Å². The first-order valence-electron chi connectivity index (χ1n) is 7.25. The molecule has 0 spiro atoms. The van der Waals surface area contributed by atoms with Gasteiger partial charge in [-0.1, -0.05) is 39.3 Å². The average Bonchev–Trinajstić information content (AvgIpc) is 2.38. The Hall–Kier alpha value is -1.07. The van der Waals surface area contributed by atoms with Gasteiger partial charge < -0.3 is 5.32 Å². The molecule has 0 bridgehead atoms. The topological polar surface area (TPSA) is 58.2 Å². The van der Waals surface area contributed by atoms with Gasteiger partial charge in [-0.05, 0) is 31.4 Å². The summed E-state index contributed by atoms with van der Waals surface area (Å²) in [4.78, 5) is 0.317. The van der Waals surface area contributed by atoms with E-state index in [-0.39, 0.29) is 6.04 Å². The van der Waals surface area contributed by atoms with Crippen molar-refractivity contribution in [2.45, 2.75) is 51.5 Å². The van der Waals surface area contributed by atoms with Gasteiger partial charge in [-0.3, -0.25) is 0 Å². The molecule has 0 aliphatic carbocycles. The van der Waals surface area contributed by atoms with Gasteiger partial charge in [0, 0.05) is 12.6 Å². The summed E-state index contributed by atoms with van der Waals surface area (Å²) in [7, 11) is -3.43. The molecule has 114 valence electrons. The SMILES string of the molecule is CCNS(=O)(=O)c1ccccc1NC(C)CC(C)CC. The Bertz CT molecular complexity index is 514. The maximum atomic E-state index is 12.2. The summed E-state index contributed by atoms with van der Waals surface area (Å²) < 4.78 is 26.9. The second-order valence-corrected chi connectivity index (χ2v) is 7.03. The third kappa shape index (κ3) is 4.80. The van der Waals surface area contributed by atoms with Crippen molar-refractivity contribution < 1.29 is 8.42 Å². The molecule has 0 radical (unpaired) electrons. The predicted octanol–water partition coefficient (Wildman–Crippen LogP) is 3.22. The number of rotatable bonds is 8. The van der Waals surface area contributed by atoms with Crippen molar-refractivity contribution in [3.8, 4) is 0 Å². The van der Waals surface area contributed by atoms with Gasteiger partial charge in [-0.2, -0.15) is 0 Å². The van der Waals surface area contributed by atoms with E-state index in [4.69, 9.17) is 0 Å². The molecule has 0 saturated heterocycles. The number of hydrogen-bond donors (Lipinski definition) is 2. The van der Waals surface area contributed by atoms with E-state index in [0.29, 0.717) is 23.0 Å². The molecule has 5 heteroatoms. The molecule has 2 N–H and O–H groups in total. The molecule has 2 unspecified atom stereocenters. The van der Waals surface area contributed by atoms with Crippen LogP contribution in [0.2, 0.25) is 0 Å². The number of sulfonamides is 1. The Morgan fingerprint density at radius 1 is 1.15 bits per heavy atom. The minimum absolute atomic E-state index is 0.239. The van der Waals surface area contributed by atoms with E-state index in [1.165, 1.54) is 0 Å². The van der Waals surface area contributed by atoms with Crippen LogP contribution in [-0.2, 0) is 10.0 Å². The molecular formula is C15H26N2O2S. The molecule has 0 saturated carbocycles. The highest BCUT2D eigenvalue weighted by Gasteiger charge is 2.18. The third-order valence-corrected chi connectivity index (χ3v) is 4.97. The van der Waals surface area contributed by atoms with Crippen LogP contribution in [0.1, 0.15) is 40.5 Å². The van der Waals surface area contributed by atoms with Crippen LogP contribution in [-0.4, -0.2) is 21.0 Å². The largest absolute Gasteiger partial charge is 0.381 e. The lowest BCUT2D eigenvalue weighted by atomic mass is 10.0. The predicted molar refractivity (Wildman–Crippen MR) is 84.5 cm³/mol. The number of hydrogen-bond acceptors (Lipinski definition) is 3. The molecule has 0 amide bonds. The highest BCUT2D eigenvalue weighted by molar-refractivity contribution is 7.89. The lowest BCUT2D eigenvalue weighted by molar-refractivity contribution is 0.483. The van der Waals surface area contributed by atoms with Gasteiger partial charge in [-0.15, -0.1) is 0 Å². The monoisotopic (exact) mass is 298 g/mol. The Kier molecular flexibility index (Phi) is 6.49. The molecule has 0 aromatic heterocycles. The Morgan fingerprint density at radius 3 is 2.40 bits per heavy atom. The highest BCUT2D eigenvalue weighted by Crippen LogP contribution is 2.23. The summed E-state index contributed by atoms with van der Waals surface area (Å²) >= 11 is 0. The van der Waals surface area contributed by atoms with E-state index in [9.17, 15) is 8.42 Å². The number of para-hydroxylation sites is 1. The quantitative estimate of drug-likeness (QED) is 0.774. The van der Waals surface area contributed by atoms with E-state index in [1.807, 2.05) is 12.1 Å². The smallest absolute Gasteiger partial charge is 0.242 e. The first-order valence-corrected chi connectivity index (χ1v) is 8.74. The molecule has 1 aromatic rings. The van der Waals surface area contributed by atoms with Crippen LogP contribution in [0.5, 0.6) is 0 Å². The molecule has 1 rings (SSSR count). The fraction of sp³-hybridized carbons (Fsp3) is 0.600. The Balaban J connectivity index is 2.91. The average molecular weight is 298 g/mol. The Labute approximate surface area is 123 Å². The normalized spacial score (nSPS) is 14.8. The summed E-state index contributed by atoms with van der Waals surface area (Å²) in [5.74, 6) is 0.620. The van der Waals surface area contributed by atoms with Crippen LogP contribution >= 0.6 is 0 Å². The van der Waals surface area contributed by atoms with Gasteiger partial charge in [0.25, 0.3) is 0 Å². The van der Waals surface area contributed by atoms with Crippen molar-refractivity contribution in [1.29, 1.82) is 0 Å². The number of nitrogens with one attached hydrogen (secondary N) is 2. The molecular weight excluding hydrogens is 272 g/mol. The summed E-state index contributed by atoms with van der Waals surface area (Å²) in [6, 6.07) is 7.29. The number of anilines is 1. The van der Waals surface area contributed by atoms with Crippen LogP contribution in [0.15, 0.2) is 29.2 Å². The maximum Gasteiger partial charge on any atom is 0.242 e. The van der Waals surface area contributed by atoms with E-state index in [2.05, 4.69) is 30.8 Å². The van der Waals surface area contributed by atoms with Gasteiger partial charge in [0.05, 0.1) is 5.69 Å². The van der Waals surface area contributed by atoms with Crippen LogP contribution in [0.25, 0.3) is 0 Å². The van der Waals surface area contributed by atoms with Gasteiger partial charge >= 0.3 is 0 Å². The zero-order valence-corrected chi connectivity index (χ0v) is 13.6. The molecule has 4 nitrogen and oxygen atoms in total. The zero-order valence-electron chi connectivity index (χ0n) is 12.8. The minimum atomic E-state index is -3.43. The van der Waals surface area contributed by atoms with Crippen molar-refractivity contribution in [1.82, 2.24) is 4.72 Å². The second-order valence-electron chi connectivity index (χ2n) is 5.29. The van der Waals surface area contributed by atoms with Crippen LogP contribution < -0.4 is 10.0 Å². The fourth-order valence-corrected chi connectivity index (χ4v) is 3.39. The summed E-state index contributed by atoms with van der Waals surface area (Å²) in [5, 5.41) is 3.32. The molecule has 1 aromatic carbocycles. The number of benzene rings is 1. The summed E-state index contributed by atoms with van der Waals surface area (Å²) in [6.45, 7) is 8.63. The van der Waals surface area contributed by atoms with E-state index >= 15 is 0 Å². The van der Waals surface area contributed by atoms with Crippen molar-refractivity contribution >= 4 is 15.7 Å². The zero-order chi connectivity index (χ0) is 15.2. The molecule has 0 heterocycles. The molecule has 2 atom stereocenters. The fourth-order valence-electron chi connectivity index (χ4n) is 2.18. The molecule has 20 heavy (non-hydrogen) atoms. The van der Waals surface area contributed by atoms with E-state index in [1.54, 1.807) is 19.1 Å². The van der Waals surface area contributed by atoms with Gasteiger partial charge in [0.1, 0.15) is 4.90 Å². The van der Waals surface area contributed by atoms with E-state index < -0.39 is 10.0 Å². The Morgan fingerprint density at radius 2 is 1.80 bits per heavy atom. The lowest BCUT2D eigenvalue weighted by Crippen LogP contribution is -2.26. The van der Waals surface area contributed by atoms with Crippen molar-refractivity contribution in [3.05, 3.63) is 24.3 Å². The minimum Gasteiger partial charge on any atom is -0.381 e. The van der Waals surface area contributed by atoms with E-state index in [0.717, 1.165) is 12.8 Å². The highest BCUT2D eigenvalue weighted by atomic mass is 32.2. The summed E-state index contributed by atoms with van der Waals surface area (Å²) in [5.41, 5.74) is 0.671. The third-order valence-electron chi connectivity index (χ3n) is 3.37.